The van der Waals surface area contributed by atoms with Gasteiger partial charge in [-0.15, -0.1) is 0 Å². The molecule has 0 radical (unpaired) electrons. The van der Waals surface area contributed by atoms with Crippen LogP contribution in [0, 0.1) is 17.2 Å². The van der Waals surface area contributed by atoms with Gasteiger partial charge in [-0.2, -0.15) is 5.26 Å². The summed E-state index contributed by atoms with van der Waals surface area (Å²) in [4.78, 5) is 37.8. The van der Waals surface area contributed by atoms with Gasteiger partial charge in [0.2, 0.25) is 11.8 Å². The number of rotatable bonds is 4. The molecule has 2 amide bonds. The van der Waals surface area contributed by atoms with Crippen molar-refractivity contribution in [3.63, 3.8) is 0 Å². The van der Waals surface area contributed by atoms with E-state index in [2.05, 4.69) is 10.1 Å². The number of carbonyl (C=O) groups excluding carboxylic acids is 3. The fourth-order valence-corrected chi connectivity index (χ4v) is 2.90. The quantitative estimate of drug-likeness (QED) is 0.841. The van der Waals surface area contributed by atoms with Crippen LogP contribution in [0.25, 0.3) is 0 Å². The molecule has 1 heterocycles. The smallest absolute Gasteiger partial charge is 0.337 e. The summed E-state index contributed by atoms with van der Waals surface area (Å²) in [5, 5.41) is 11.6. The lowest BCUT2D eigenvalue weighted by molar-refractivity contribution is -0.122. The third-order valence-corrected chi connectivity index (χ3v) is 4.38. The summed E-state index contributed by atoms with van der Waals surface area (Å²) < 4.78 is 4.65. The van der Waals surface area contributed by atoms with Gasteiger partial charge in [0.1, 0.15) is 0 Å². The molecule has 1 saturated heterocycles. The zero-order valence-corrected chi connectivity index (χ0v) is 14.6. The molecule has 136 valence electrons. The molecule has 1 atom stereocenters. The van der Waals surface area contributed by atoms with E-state index in [4.69, 9.17) is 5.26 Å². The van der Waals surface area contributed by atoms with Gasteiger partial charge in [0, 0.05) is 24.3 Å². The van der Waals surface area contributed by atoms with Gasteiger partial charge in [0.25, 0.3) is 0 Å². The Kier molecular flexibility index (Phi) is 5.18. The minimum atomic E-state index is -0.478. The van der Waals surface area contributed by atoms with Crippen LogP contribution in [0.15, 0.2) is 48.5 Å². The van der Waals surface area contributed by atoms with Crippen molar-refractivity contribution >= 4 is 29.2 Å². The van der Waals surface area contributed by atoms with Crippen molar-refractivity contribution in [1.82, 2.24) is 0 Å². The highest BCUT2D eigenvalue weighted by Gasteiger charge is 2.35. The highest BCUT2D eigenvalue weighted by atomic mass is 16.5. The maximum Gasteiger partial charge on any atom is 0.337 e. The van der Waals surface area contributed by atoms with Crippen LogP contribution in [0.5, 0.6) is 0 Å². The molecule has 7 heteroatoms. The Balaban J connectivity index is 1.66. The summed E-state index contributed by atoms with van der Waals surface area (Å²) in [7, 11) is 1.30. The Labute approximate surface area is 156 Å². The number of hydrogen-bond acceptors (Lipinski definition) is 5. The fraction of sp³-hybridized carbons (Fsp3) is 0.200. The molecular weight excluding hydrogens is 346 g/mol. The van der Waals surface area contributed by atoms with E-state index in [1.807, 2.05) is 6.07 Å². The predicted molar refractivity (Wildman–Crippen MR) is 98.0 cm³/mol. The molecular formula is C20H17N3O4. The van der Waals surface area contributed by atoms with Crippen LogP contribution in [0.2, 0.25) is 0 Å². The van der Waals surface area contributed by atoms with E-state index in [9.17, 15) is 14.4 Å². The van der Waals surface area contributed by atoms with Crippen molar-refractivity contribution in [2.24, 2.45) is 5.92 Å². The van der Waals surface area contributed by atoms with Gasteiger partial charge < -0.3 is 15.0 Å². The summed E-state index contributed by atoms with van der Waals surface area (Å²) in [5.74, 6) is -1.33. The van der Waals surface area contributed by atoms with Gasteiger partial charge >= 0.3 is 5.97 Å². The Morgan fingerprint density at radius 2 is 1.81 bits per heavy atom. The first-order chi connectivity index (χ1) is 13.0. The minimum Gasteiger partial charge on any atom is -0.465 e. The van der Waals surface area contributed by atoms with E-state index < -0.39 is 11.9 Å². The van der Waals surface area contributed by atoms with Gasteiger partial charge in [0.15, 0.2) is 0 Å². The SMILES string of the molecule is COC(=O)c1ccc(N2CC(C(=O)Nc3ccc(C#N)cc3)CC2=O)cc1. The van der Waals surface area contributed by atoms with Gasteiger partial charge in [-0.3, -0.25) is 9.59 Å². The largest absolute Gasteiger partial charge is 0.465 e. The summed E-state index contributed by atoms with van der Waals surface area (Å²) in [5.41, 5.74) is 2.10. The third kappa shape index (κ3) is 3.96. The van der Waals surface area contributed by atoms with Crippen molar-refractivity contribution in [2.45, 2.75) is 6.42 Å². The first kappa shape index (κ1) is 18.1. The van der Waals surface area contributed by atoms with Crippen LogP contribution in [-0.2, 0) is 14.3 Å². The molecule has 3 rings (SSSR count). The monoisotopic (exact) mass is 363 g/mol. The molecule has 0 spiro atoms. The second-order valence-electron chi connectivity index (χ2n) is 6.12. The maximum absolute atomic E-state index is 12.5. The molecule has 27 heavy (non-hydrogen) atoms. The second kappa shape index (κ2) is 7.70. The standard InChI is InChI=1S/C20H17N3O4/c1-27-20(26)14-4-8-17(9-5-14)23-12-15(10-18(23)24)19(25)22-16-6-2-13(11-21)3-7-16/h2-9,15H,10,12H2,1H3,(H,22,25). The molecule has 1 N–H and O–H groups in total. The van der Waals surface area contributed by atoms with Crippen molar-refractivity contribution in [1.29, 1.82) is 5.26 Å². The molecule has 1 unspecified atom stereocenters. The maximum atomic E-state index is 12.5. The molecule has 2 aromatic rings. The molecule has 2 aromatic carbocycles. The van der Waals surface area contributed by atoms with E-state index in [0.717, 1.165) is 0 Å². The number of nitrogens with zero attached hydrogens (tertiary/aromatic N) is 2. The number of methoxy groups -OCH3 is 1. The van der Waals surface area contributed by atoms with Crippen LogP contribution in [0.4, 0.5) is 11.4 Å². The number of nitriles is 1. The Hall–Kier alpha value is -3.66. The number of amides is 2. The number of esters is 1. The second-order valence-corrected chi connectivity index (χ2v) is 6.12. The minimum absolute atomic E-state index is 0.112. The first-order valence-corrected chi connectivity index (χ1v) is 8.31. The third-order valence-electron chi connectivity index (χ3n) is 4.38. The molecule has 1 fully saturated rings. The van der Waals surface area contributed by atoms with E-state index in [1.54, 1.807) is 48.5 Å². The molecule has 1 aliphatic heterocycles. The van der Waals surface area contributed by atoms with Crippen LogP contribution in [0.1, 0.15) is 22.3 Å². The average molecular weight is 363 g/mol. The number of anilines is 2. The number of carbonyl (C=O) groups is 3. The molecule has 0 aromatic heterocycles. The van der Waals surface area contributed by atoms with Gasteiger partial charge in [-0.1, -0.05) is 0 Å². The number of nitrogens with one attached hydrogen (secondary N) is 1. The highest BCUT2D eigenvalue weighted by molar-refractivity contribution is 6.03. The Morgan fingerprint density at radius 3 is 2.41 bits per heavy atom. The zero-order chi connectivity index (χ0) is 19.4. The van der Waals surface area contributed by atoms with Crippen LogP contribution in [-0.4, -0.2) is 31.4 Å². The van der Waals surface area contributed by atoms with Gasteiger partial charge in [-0.05, 0) is 48.5 Å². The molecule has 1 aliphatic rings. The molecule has 0 saturated carbocycles. The van der Waals surface area contributed by atoms with E-state index in [0.29, 0.717) is 22.5 Å². The first-order valence-electron chi connectivity index (χ1n) is 8.31. The van der Waals surface area contributed by atoms with Crippen molar-refractivity contribution in [3.05, 3.63) is 59.7 Å². The van der Waals surface area contributed by atoms with Crippen LogP contribution in [0.3, 0.4) is 0 Å². The molecule has 0 aliphatic carbocycles. The summed E-state index contributed by atoms with van der Waals surface area (Å²) in [6.45, 7) is 0.262. The molecule has 7 nitrogen and oxygen atoms in total. The van der Waals surface area contributed by atoms with Crippen molar-refractivity contribution in [3.8, 4) is 6.07 Å². The summed E-state index contributed by atoms with van der Waals surface area (Å²) in [6, 6.07) is 15.0. The molecule has 0 bridgehead atoms. The highest BCUT2D eigenvalue weighted by Crippen LogP contribution is 2.26. The van der Waals surface area contributed by atoms with Gasteiger partial charge in [-0.25, -0.2) is 4.79 Å². The fourth-order valence-electron chi connectivity index (χ4n) is 2.90. The normalized spacial score (nSPS) is 15.9. The van der Waals surface area contributed by atoms with Gasteiger partial charge in [0.05, 0.1) is 30.2 Å². The predicted octanol–water partition coefficient (Wildman–Crippen LogP) is 2.34. The lowest BCUT2D eigenvalue weighted by Crippen LogP contribution is -2.28. The average Bonchev–Trinajstić information content (AvgIpc) is 3.10. The number of hydrogen-bond donors (Lipinski definition) is 1. The number of benzene rings is 2. The van der Waals surface area contributed by atoms with Crippen LogP contribution >= 0.6 is 0 Å². The Morgan fingerprint density at radius 1 is 1.15 bits per heavy atom. The van der Waals surface area contributed by atoms with Crippen molar-refractivity contribution < 1.29 is 19.1 Å². The zero-order valence-electron chi connectivity index (χ0n) is 14.6. The summed E-state index contributed by atoms with van der Waals surface area (Å²) in [6.07, 6.45) is 0.112. The Bertz CT molecular complexity index is 914. The van der Waals surface area contributed by atoms with E-state index in [-0.39, 0.29) is 24.8 Å². The van der Waals surface area contributed by atoms with Crippen molar-refractivity contribution in [2.75, 3.05) is 23.9 Å². The van der Waals surface area contributed by atoms with E-state index >= 15 is 0 Å². The lowest BCUT2D eigenvalue weighted by Gasteiger charge is -2.17. The summed E-state index contributed by atoms with van der Waals surface area (Å²) >= 11 is 0. The van der Waals surface area contributed by atoms with E-state index in [1.165, 1.54) is 12.0 Å². The lowest BCUT2D eigenvalue weighted by atomic mass is 10.1. The van der Waals surface area contributed by atoms with Crippen LogP contribution < -0.4 is 10.2 Å². The number of ether oxygens (including phenoxy) is 1. The topological polar surface area (TPSA) is 99.5 Å².